The first-order valence-electron chi connectivity index (χ1n) is 16.7. The van der Waals surface area contributed by atoms with Gasteiger partial charge in [-0.15, -0.1) is 0 Å². The minimum absolute atomic E-state index is 0.924. The lowest BCUT2D eigenvalue weighted by Crippen LogP contribution is -1.94. The molecule has 3 heteroatoms. The Hall–Kier alpha value is -5.64. The van der Waals surface area contributed by atoms with Crippen molar-refractivity contribution in [1.82, 2.24) is 8.75 Å². The fourth-order valence-corrected chi connectivity index (χ4v) is 7.44. The van der Waals surface area contributed by atoms with Crippen LogP contribution in [-0.2, 0) is 0 Å². The number of fused-ring (bicyclic) bond motifs is 1. The minimum Gasteiger partial charge on any atom is -0.172 e. The van der Waals surface area contributed by atoms with E-state index in [4.69, 9.17) is 8.75 Å². The normalized spacial score (nSPS) is 11.3. The van der Waals surface area contributed by atoms with Gasteiger partial charge in [0.2, 0.25) is 0 Å². The number of rotatable bonds is 6. The van der Waals surface area contributed by atoms with Gasteiger partial charge in [0, 0.05) is 11.1 Å². The van der Waals surface area contributed by atoms with Gasteiger partial charge in [-0.3, -0.25) is 0 Å². The molecule has 0 spiro atoms. The molecule has 0 unspecified atom stereocenters. The average molecular weight is 649 g/mol. The molecule has 8 aromatic rings. The Kier molecular flexibility index (Phi) is 7.99. The summed E-state index contributed by atoms with van der Waals surface area (Å²) in [6.45, 7) is 8.54. The highest BCUT2D eigenvalue weighted by Crippen LogP contribution is 2.46. The predicted octanol–water partition coefficient (Wildman–Crippen LogP) is 12.9. The highest BCUT2D eigenvalue weighted by Gasteiger charge is 2.22. The van der Waals surface area contributed by atoms with E-state index in [0.29, 0.717) is 0 Å². The maximum atomic E-state index is 4.98. The molecule has 0 radical (unpaired) electrons. The Balaban J connectivity index is 1.36. The molecule has 0 saturated carbocycles. The van der Waals surface area contributed by atoms with Gasteiger partial charge in [-0.25, -0.2) is 0 Å². The molecular weight excluding hydrogens is 613 g/mol. The highest BCUT2D eigenvalue weighted by atomic mass is 32.1. The minimum atomic E-state index is 0.924. The highest BCUT2D eigenvalue weighted by molar-refractivity contribution is 7.00. The molecule has 49 heavy (non-hydrogen) atoms. The second-order valence-electron chi connectivity index (χ2n) is 13.0. The van der Waals surface area contributed by atoms with Crippen molar-refractivity contribution in [3.8, 4) is 66.8 Å². The smallest absolute Gasteiger partial charge is 0.113 e. The van der Waals surface area contributed by atoms with Gasteiger partial charge in [0.05, 0.1) is 11.7 Å². The van der Waals surface area contributed by atoms with Gasteiger partial charge < -0.3 is 0 Å². The number of hydrogen-bond acceptors (Lipinski definition) is 3. The molecule has 0 aliphatic carbocycles. The first-order chi connectivity index (χ1) is 23.9. The second kappa shape index (κ2) is 12.8. The first-order valence-corrected chi connectivity index (χ1v) is 17.5. The molecule has 0 fully saturated rings. The molecule has 236 valence electrons. The van der Waals surface area contributed by atoms with Crippen LogP contribution in [0, 0.1) is 27.7 Å². The molecule has 0 bridgehead atoms. The van der Waals surface area contributed by atoms with Crippen molar-refractivity contribution in [2.24, 2.45) is 0 Å². The molecular formula is C46H36N2S. The van der Waals surface area contributed by atoms with Crippen LogP contribution in [0.25, 0.3) is 77.8 Å². The maximum Gasteiger partial charge on any atom is 0.113 e. The fourth-order valence-electron chi connectivity index (χ4n) is 6.86. The molecule has 0 aliphatic rings. The van der Waals surface area contributed by atoms with E-state index in [1.54, 1.807) is 0 Å². The first kappa shape index (κ1) is 30.7. The van der Waals surface area contributed by atoms with E-state index < -0.39 is 0 Å². The van der Waals surface area contributed by atoms with Crippen LogP contribution in [0.15, 0.2) is 146 Å². The van der Waals surface area contributed by atoms with Gasteiger partial charge in [-0.2, -0.15) is 8.75 Å². The Labute approximate surface area is 292 Å². The van der Waals surface area contributed by atoms with Crippen molar-refractivity contribution in [1.29, 1.82) is 0 Å². The summed E-state index contributed by atoms with van der Waals surface area (Å²) < 4.78 is 9.96. The molecule has 0 saturated heterocycles. The quantitative estimate of drug-likeness (QED) is 0.179. The van der Waals surface area contributed by atoms with Crippen molar-refractivity contribution in [3.05, 3.63) is 168 Å². The standard InChI is InChI=1S/C46H36N2S/c1-29-11-19-33(20-12-29)37-7-5-9-39(43(37)35-23-15-31(3)16-24-35)41-27-28-42(46-45(41)47-49-48-46)40-10-6-8-38(34-21-13-30(2)14-22-34)44(40)36-25-17-32(4)18-26-36/h5-28H,1-4H3. The lowest BCUT2D eigenvalue weighted by atomic mass is 9.84. The largest absolute Gasteiger partial charge is 0.172 e. The summed E-state index contributed by atoms with van der Waals surface area (Å²) in [6.07, 6.45) is 0. The summed E-state index contributed by atoms with van der Waals surface area (Å²) >= 11 is 1.28. The van der Waals surface area contributed by atoms with E-state index in [1.165, 1.54) is 78.5 Å². The zero-order valence-electron chi connectivity index (χ0n) is 28.2. The van der Waals surface area contributed by atoms with Crippen LogP contribution in [0.4, 0.5) is 0 Å². The SMILES string of the molecule is Cc1ccc(-c2cccc(-c3ccc(-c4cccc(-c5ccc(C)cc5)c4-c4ccc(C)cc4)c4nsnc34)c2-c2ccc(C)cc2)cc1. The van der Waals surface area contributed by atoms with Crippen molar-refractivity contribution in [3.63, 3.8) is 0 Å². The van der Waals surface area contributed by atoms with Gasteiger partial charge in [0.1, 0.15) is 11.0 Å². The molecule has 0 amide bonds. The summed E-state index contributed by atoms with van der Waals surface area (Å²) in [5.41, 5.74) is 20.9. The topological polar surface area (TPSA) is 25.8 Å². The van der Waals surface area contributed by atoms with Crippen molar-refractivity contribution >= 4 is 22.8 Å². The molecule has 0 atom stereocenters. The van der Waals surface area contributed by atoms with Crippen LogP contribution in [0.3, 0.4) is 0 Å². The zero-order chi connectivity index (χ0) is 33.5. The Morgan fingerprint density at radius 1 is 0.306 bits per heavy atom. The monoisotopic (exact) mass is 648 g/mol. The molecule has 0 N–H and O–H groups in total. The third-order valence-electron chi connectivity index (χ3n) is 9.53. The molecule has 1 heterocycles. The van der Waals surface area contributed by atoms with Gasteiger partial charge in [0.25, 0.3) is 0 Å². The molecule has 8 rings (SSSR count). The van der Waals surface area contributed by atoms with Crippen LogP contribution in [0.1, 0.15) is 22.3 Å². The Bertz CT molecular complexity index is 2260. The summed E-state index contributed by atoms with van der Waals surface area (Å²) in [6, 6.07) is 53.2. The third-order valence-corrected chi connectivity index (χ3v) is 10.1. The van der Waals surface area contributed by atoms with Gasteiger partial charge >= 0.3 is 0 Å². The molecule has 0 aliphatic heterocycles. The van der Waals surface area contributed by atoms with Crippen molar-refractivity contribution in [2.75, 3.05) is 0 Å². The lowest BCUT2D eigenvalue weighted by Gasteiger charge is -2.19. The second-order valence-corrected chi connectivity index (χ2v) is 13.6. The molecule has 1 aromatic heterocycles. The predicted molar refractivity (Wildman–Crippen MR) is 209 cm³/mol. The summed E-state index contributed by atoms with van der Waals surface area (Å²) in [7, 11) is 0. The third kappa shape index (κ3) is 5.77. The Morgan fingerprint density at radius 3 is 0.959 bits per heavy atom. The van der Waals surface area contributed by atoms with Crippen LogP contribution in [0.2, 0.25) is 0 Å². The van der Waals surface area contributed by atoms with Gasteiger partial charge in [-0.05, 0) is 83.3 Å². The van der Waals surface area contributed by atoms with E-state index in [-0.39, 0.29) is 0 Å². The molecule has 2 nitrogen and oxygen atoms in total. The summed E-state index contributed by atoms with van der Waals surface area (Å²) in [5.74, 6) is 0. The van der Waals surface area contributed by atoms with Crippen molar-refractivity contribution < 1.29 is 0 Å². The Morgan fingerprint density at radius 2 is 0.612 bits per heavy atom. The maximum absolute atomic E-state index is 4.98. The lowest BCUT2D eigenvalue weighted by molar-refractivity contribution is 1.45. The zero-order valence-corrected chi connectivity index (χ0v) is 29.0. The number of aromatic nitrogens is 2. The number of nitrogens with zero attached hydrogens (tertiary/aromatic N) is 2. The summed E-state index contributed by atoms with van der Waals surface area (Å²) in [5, 5.41) is 0. The van der Waals surface area contributed by atoms with Crippen LogP contribution in [-0.4, -0.2) is 8.75 Å². The molecule has 7 aromatic carbocycles. The van der Waals surface area contributed by atoms with E-state index in [9.17, 15) is 0 Å². The van der Waals surface area contributed by atoms with Gasteiger partial charge in [0.15, 0.2) is 0 Å². The van der Waals surface area contributed by atoms with Crippen LogP contribution in [0.5, 0.6) is 0 Å². The number of benzene rings is 7. The van der Waals surface area contributed by atoms with E-state index in [0.717, 1.165) is 33.3 Å². The average Bonchev–Trinajstić information content (AvgIpc) is 3.63. The van der Waals surface area contributed by atoms with Gasteiger partial charge in [-0.1, -0.05) is 168 Å². The van der Waals surface area contributed by atoms with E-state index in [1.807, 2.05) is 0 Å². The van der Waals surface area contributed by atoms with E-state index >= 15 is 0 Å². The number of hydrogen-bond donors (Lipinski definition) is 0. The summed E-state index contributed by atoms with van der Waals surface area (Å²) in [4.78, 5) is 0. The fraction of sp³-hybridized carbons (Fsp3) is 0.0870. The van der Waals surface area contributed by atoms with E-state index in [2.05, 4.69) is 173 Å². The van der Waals surface area contributed by atoms with Crippen LogP contribution >= 0.6 is 11.7 Å². The van der Waals surface area contributed by atoms with Crippen molar-refractivity contribution in [2.45, 2.75) is 27.7 Å². The number of aryl methyl sites for hydroxylation is 4. The van der Waals surface area contributed by atoms with Crippen LogP contribution < -0.4 is 0 Å².